The number of carbonyl (C=O) groups is 3. The van der Waals surface area contributed by atoms with Crippen molar-refractivity contribution in [3.8, 4) is 5.75 Å². The zero-order valence-electron chi connectivity index (χ0n) is 23.3. The first-order valence-corrected chi connectivity index (χ1v) is 14.0. The summed E-state index contributed by atoms with van der Waals surface area (Å²) in [6.07, 6.45) is 7.41. The van der Waals surface area contributed by atoms with Gasteiger partial charge in [0.15, 0.2) is 0 Å². The highest BCUT2D eigenvalue weighted by Gasteiger charge is 2.34. The average Bonchev–Trinajstić information content (AvgIpc) is 2.97. The fourth-order valence-electron chi connectivity index (χ4n) is 5.04. The van der Waals surface area contributed by atoms with Gasteiger partial charge in [0.2, 0.25) is 17.7 Å². The highest BCUT2D eigenvalue weighted by molar-refractivity contribution is 6.01. The molecule has 210 valence electrons. The molecule has 8 heteroatoms. The van der Waals surface area contributed by atoms with Gasteiger partial charge in [-0.25, -0.2) is 4.98 Å². The molecule has 0 radical (unpaired) electrons. The summed E-state index contributed by atoms with van der Waals surface area (Å²) in [7, 11) is 1.58. The normalized spacial score (nSPS) is 14.2. The summed E-state index contributed by atoms with van der Waals surface area (Å²) >= 11 is 0. The Morgan fingerprint density at radius 2 is 1.68 bits per heavy atom. The third-order valence-corrected chi connectivity index (χ3v) is 7.20. The third-order valence-electron chi connectivity index (χ3n) is 7.20. The van der Waals surface area contributed by atoms with Crippen LogP contribution in [0.15, 0.2) is 72.9 Å². The zero-order valence-corrected chi connectivity index (χ0v) is 23.3. The Bertz CT molecular complexity index is 1260. The smallest absolute Gasteiger partial charge is 0.248 e. The third kappa shape index (κ3) is 7.91. The van der Waals surface area contributed by atoms with Crippen LogP contribution in [0.1, 0.15) is 68.5 Å². The number of methoxy groups -OCH3 is 1. The lowest BCUT2D eigenvalue weighted by molar-refractivity contribution is -0.127. The second-order valence-electron chi connectivity index (χ2n) is 10.2. The van der Waals surface area contributed by atoms with Crippen LogP contribution in [0.25, 0.3) is 0 Å². The fraction of sp³-hybridized carbons (Fsp3) is 0.375. The molecule has 1 atom stereocenters. The Morgan fingerprint density at radius 1 is 0.950 bits per heavy atom. The molecule has 0 saturated heterocycles. The van der Waals surface area contributed by atoms with Crippen molar-refractivity contribution in [3.05, 3.63) is 84.1 Å². The lowest BCUT2D eigenvalue weighted by Crippen LogP contribution is -2.47. The van der Waals surface area contributed by atoms with Crippen LogP contribution in [-0.4, -0.2) is 35.9 Å². The maximum atomic E-state index is 13.9. The number of rotatable bonds is 11. The van der Waals surface area contributed by atoms with Crippen LogP contribution in [-0.2, 0) is 14.4 Å². The van der Waals surface area contributed by atoms with Gasteiger partial charge in [0.1, 0.15) is 17.6 Å². The largest absolute Gasteiger partial charge is 0.497 e. The van der Waals surface area contributed by atoms with Gasteiger partial charge in [0.05, 0.1) is 7.11 Å². The summed E-state index contributed by atoms with van der Waals surface area (Å²) < 4.78 is 5.32. The molecule has 40 heavy (non-hydrogen) atoms. The minimum absolute atomic E-state index is 0.0947. The molecule has 2 aromatic carbocycles. The van der Waals surface area contributed by atoms with E-state index in [0.29, 0.717) is 23.7 Å². The lowest BCUT2D eigenvalue weighted by atomic mass is 9.94. The van der Waals surface area contributed by atoms with Crippen molar-refractivity contribution in [1.82, 2.24) is 10.3 Å². The topological polar surface area (TPSA) is 101 Å². The predicted octanol–water partition coefficient (Wildman–Crippen LogP) is 5.73. The Morgan fingerprint density at radius 3 is 2.33 bits per heavy atom. The Hall–Kier alpha value is -4.20. The van der Waals surface area contributed by atoms with Crippen molar-refractivity contribution in [2.75, 3.05) is 17.3 Å². The maximum absolute atomic E-state index is 13.9. The van der Waals surface area contributed by atoms with Gasteiger partial charge in [0, 0.05) is 30.8 Å². The van der Waals surface area contributed by atoms with Gasteiger partial charge in [-0.2, -0.15) is 0 Å². The van der Waals surface area contributed by atoms with Crippen molar-refractivity contribution in [3.63, 3.8) is 0 Å². The average molecular weight is 543 g/mol. The van der Waals surface area contributed by atoms with Crippen molar-refractivity contribution < 1.29 is 19.1 Å². The van der Waals surface area contributed by atoms with Gasteiger partial charge in [-0.15, -0.1) is 0 Å². The summed E-state index contributed by atoms with van der Waals surface area (Å²) in [4.78, 5) is 46.0. The number of hydrogen-bond donors (Lipinski definition) is 2. The molecule has 1 aromatic heterocycles. The number of amides is 3. The highest BCUT2D eigenvalue weighted by Crippen LogP contribution is 2.31. The lowest BCUT2D eigenvalue weighted by Gasteiger charge is -2.33. The van der Waals surface area contributed by atoms with Crippen molar-refractivity contribution in [2.24, 2.45) is 0 Å². The van der Waals surface area contributed by atoms with Crippen molar-refractivity contribution in [1.29, 1.82) is 0 Å². The summed E-state index contributed by atoms with van der Waals surface area (Å²) in [6, 6.07) is 19.4. The molecule has 0 unspecified atom stereocenters. The van der Waals surface area contributed by atoms with Crippen molar-refractivity contribution >= 4 is 29.2 Å². The molecule has 1 heterocycles. The minimum atomic E-state index is -0.856. The first-order chi connectivity index (χ1) is 19.4. The first kappa shape index (κ1) is 28.8. The number of carbonyl (C=O) groups excluding carboxylic acids is 3. The van der Waals surface area contributed by atoms with Crippen LogP contribution >= 0.6 is 0 Å². The van der Waals surface area contributed by atoms with E-state index in [-0.39, 0.29) is 36.6 Å². The predicted molar refractivity (Wildman–Crippen MR) is 156 cm³/mol. The summed E-state index contributed by atoms with van der Waals surface area (Å²) in [5, 5.41) is 5.99. The molecular formula is C32H38N4O4. The van der Waals surface area contributed by atoms with Crippen LogP contribution in [0.3, 0.4) is 0 Å². The fourth-order valence-corrected chi connectivity index (χ4v) is 5.04. The van der Waals surface area contributed by atoms with E-state index in [1.807, 2.05) is 31.2 Å². The SMILES string of the molecule is COc1ccc(N(C(=O)CCCC(=O)Nc2ccccn2)[C@@H](C(=O)NC2CCCCC2)c2ccc(C)cc2)cc1. The van der Waals surface area contributed by atoms with Gasteiger partial charge < -0.3 is 15.4 Å². The molecular weight excluding hydrogens is 504 g/mol. The quantitative estimate of drug-likeness (QED) is 0.322. The molecule has 0 bridgehead atoms. The van der Waals surface area contributed by atoms with E-state index in [4.69, 9.17) is 4.74 Å². The number of hydrogen-bond acceptors (Lipinski definition) is 5. The van der Waals surface area contributed by atoms with Gasteiger partial charge >= 0.3 is 0 Å². The number of nitrogens with zero attached hydrogens (tertiary/aromatic N) is 2. The Labute approximate surface area is 236 Å². The molecule has 1 aliphatic rings. The van der Waals surface area contributed by atoms with E-state index in [9.17, 15) is 14.4 Å². The zero-order chi connectivity index (χ0) is 28.3. The second kappa shape index (κ2) is 14.3. The molecule has 0 aliphatic heterocycles. The summed E-state index contributed by atoms with van der Waals surface area (Å²) in [5.41, 5.74) is 2.39. The molecule has 1 aliphatic carbocycles. The summed E-state index contributed by atoms with van der Waals surface area (Å²) in [5.74, 6) is 0.471. The van der Waals surface area contributed by atoms with Gasteiger partial charge in [-0.3, -0.25) is 19.3 Å². The molecule has 1 fully saturated rings. The number of pyridine rings is 1. The van der Waals surface area contributed by atoms with Crippen LogP contribution in [0.5, 0.6) is 5.75 Å². The second-order valence-corrected chi connectivity index (χ2v) is 10.2. The molecule has 3 aromatic rings. The van der Waals surface area contributed by atoms with Crippen LogP contribution in [0.2, 0.25) is 0 Å². The minimum Gasteiger partial charge on any atom is -0.497 e. The monoisotopic (exact) mass is 542 g/mol. The summed E-state index contributed by atoms with van der Waals surface area (Å²) in [6.45, 7) is 1.99. The van der Waals surface area contributed by atoms with E-state index in [1.54, 1.807) is 60.7 Å². The number of aryl methyl sites for hydroxylation is 1. The molecule has 3 amide bonds. The van der Waals surface area contributed by atoms with Crippen LogP contribution in [0.4, 0.5) is 11.5 Å². The number of aromatic nitrogens is 1. The van der Waals surface area contributed by atoms with E-state index < -0.39 is 6.04 Å². The molecule has 8 nitrogen and oxygen atoms in total. The van der Waals surface area contributed by atoms with Gasteiger partial charge in [-0.05, 0) is 68.1 Å². The number of ether oxygens (including phenoxy) is 1. The maximum Gasteiger partial charge on any atom is 0.248 e. The highest BCUT2D eigenvalue weighted by atomic mass is 16.5. The Balaban J connectivity index is 1.58. The standard InChI is InChI=1S/C32H38N4O4/c1-23-14-16-24(17-15-23)31(32(39)34-25-9-4-3-5-10-25)36(26-18-20-27(40-2)21-19-26)30(38)13-8-12-29(37)35-28-11-6-7-22-33-28/h6-7,11,14-22,25,31H,3-5,8-10,12-13H2,1-2H3,(H,34,39)(H,33,35,37)/t31-/m1/s1. The van der Waals surface area contributed by atoms with Crippen molar-refractivity contribution in [2.45, 2.75) is 70.4 Å². The molecule has 0 spiro atoms. The first-order valence-electron chi connectivity index (χ1n) is 14.0. The number of nitrogens with one attached hydrogen (secondary N) is 2. The van der Waals surface area contributed by atoms with E-state index in [2.05, 4.69) is 15.6 Å². The molecule has 2 N–H and O–H groups in total. The molecule has 4 rings (SSSR count). The number of anilines is 2. The Kier molecular flexibility index (Phi) is 10.3. The van der Waals surface area contributed by atoms with Crippen LogP contribution in [0, 0.1) is 6.92 Å². The van der Waals surface area contributed by atoms with Gasteiger partial charge in [0.25, 0.3) is 0 Å². The van der Waals surface area contributed by atoms with Crippen LogP contribution < -0.4 is 20.3 Å². The van der Waals surface area contributed by atoms with E-state index >= 15 is 0 Å². The molecule has 1 saturated carbocycles. The number of benzene rings is 2. The van der Waals surface area contributed by atoms with E-state index in [1.165, 1.54) is 6.42 Å². The van der Waals surface area contributed by atoms with Gasteiger partial charge in [-0.1, -0.05) is 55.2 Å². The van der Waals surface area contributed by atoms with E-state index in [0.717, 1.165) is 36.8 Å².